The highest BCUT2D eigenvalue weighted by molar-refractivity contribution is 5.87. The average Bonchev–Trinajstić information content (AvgIpc) is 2.49. The number of hydrogen-bond donors (Lipinski definition) is 0. The number of carbonyl (C=O) groups excluding carboxylic acids is 2. The number of carbonyl (C=O) groups is 2. The maximum Gasteiger partial charge on any atom is 0.223 e. The number of amides is 1. The molecule has 3 rings (SSSR count). The van der Waals surface area contributed by atoms with Crippen LogP contribution in [0.15, 0.2) is 0 Å². The molecule has 1 aliphatic carbocycles. The Balaban J connectivity index is 1.98. The number of ketones is 1. The molecule has 1 amide bonds. The van der Waals surface area contributed by atoms with Crippen molar-refractivity contribution >= 4 is 11.7 Å². The first-order chi connectivity index (χ1) is 7.22. The van der Waals surface area contributed by atoms with Crippen molar-refractivity contribution in [3.8, 4) is 0 Å². The maximum absolute atomic E-state index is 11.9. The van der Waals surface area contributed by atoms with Crippen molar-refractivity contribution in [1.29, 1.82) is 0 Å². The molecule has 2 atom stereocenters. The zero-order valence-electron chi connectivity index (χ0n) is 9.00. The highest BCUT2D eigenvalue weighted by atomic mass is 16.2. The van der Waals surface area contributed by atoms with Crippen LogP contribution in [0.25, 0.3) is 0 Å². The van der Waals surface area contributed by atoms with Gasteiger partial charge in [0.1, 0.15) is 5.78 Å². The van der Waals surface area contributed by atoms with Crippen LogP contribution in [0.3, 0.4) is 0 Å². The smallest absolute Gasteiger partial charge is 0.223 e. The van der Waals surface area contributed by atoms with Gasteiger partial charge in [0.15, 0.2) is 0 Å². The third-order valence-electron chi connectivity index (χ3n) is 4.55. The van der Waals surface area contributed by atoms with Crippen LogP contribution in [0.2, 0.25) is 0 Å². The fourth-order valence-corrected chi connectivity index (χ4v) is 3.85. The molecule has 0 radical (unpaired) electrons. The molecule has 0 aromatic rings. The summed E-state index contributed by atoms with van der Waals surface area (Å²) in [7, 11) is 0. The van der Waals surface area contributed by atoms with Gasteiger partial charge in [-0.15, -0.1) is 0 Å². The Labute approximate surface area is 89.8 Å². The van der Waals surface area contributed by atoms with Gasteiger partial charge >= 0.3 is 0 Å². The number of nitrogens with zero attached hydrogens (tertiary/aromatic N) is 1. The van der Waals surface area contributed by atoms with E-state index < -0.39 is 0 Å². The van der Waals surface area contributed by atoms with Crippen molar-refractivity contribution in [3.63, 3.8) is 0 Å². The quantitative estimate of drug-likeness (QED) is 0.604. The van der Waals surface area contributed by atoms with E-state index in [1.54, 1.807) is 0 Å². The molecule has 0 aromatic carbocycles. The van der Waals surface area contributed by atoms with E-state index in [1.807, 2.05) is 4.90 Å². The lowest BCUT2D eigenvalue weighted by Gasteiger charge is -2.47. The summed E-state index contributed by atoms with van der Waals surface area (Å²) in [5, 5.41) is 0. The third-order valence-corrected chi connectivity index (χ3v) is 4.55. The van der Waals surface area contributed by atoms with Gasteiger partial charge in [0.25, 0.3) is 0 Å². The molecule has 0 bridgehead atoms. The minimum absolute atomic E-state index is 0.0370. The Bertz CT molecular complexity index is 326. The number of hydrogen-bond acceptors (Lipinski definition) is 2. The van der Waals surface area contributed by atoms with Crippen molar-refractivity contribution in [2.24, 2.45) is 5.92 Å². The van der Waals surface area contributed by atoms with Crippen LogP contribution in [0.4, 0.5) is 0 Å². The summed E-state index contributed by atoms with van der Waals surface area (Å²) < 4.78 is 0. The van der Waals surface area contributed by atoms with Crippen LogP contribution < -0.4 is 0 Å². The molecule has 3 nitrogen and oxygen atoms in total. The van der Waals surface area contributed by atoms with Gasteiger partial charge in [-0.2, -0.15) is 0 Å². The lowest BCUT2D eigenvalue weighted by atomic mass is 9.69. The second-order valence-corrected chi connectivity index (χ2v) is 5.26. The van der Waals surface area contributed by atoms with Crippen LogP contribution >= 0.6 is 0 Å². The van der Waals surface area contributed by atoms with Crippen LogP contribution in [0.5, 0.6) is 0 Å². The molecule has 82 valence electrons. The molecule has 15 heavy (non-hydrogen) atoms. The third kappa shape index (κ3) is 1.18. The van der Waals surface area contributed by atoms with Crippen LogP contribution in [0.1, 0.15) is 44.9 Å². The molecule has 0 unspecified atom stereocenters. The normalized spacial score (nSPS) is 40.3. The van der Waals surface area contributed by atoms with Gasteiger partial charge in [-0.3, -0.25) is 9.59 Å². The average molecular weight is 207 g/mol. The van der Waals surface area contributed by atoms with E-state index in [0.29, 0.717) is 43.4 Å². The zero-order chi connectivity index (χ0) is 10.5. The minimum Gasteiger partial charge on any atom is -0.336 e. The fourth-order valence-electron chi connectivity index (χ4n) is 3.85. The van der Waals surface area contributed by atoms with Gasteiger partial charge in [-0.05, 0) is 18.8 Å². The number of Topliss-reactive ketones (excluding diaryl/α,β-unsaturated/α-hetero) is 1. The van der Waals surface area contributed by atoms with E-state index >= 15 is 0 Å². The van der Waals surface area contributed by atoms with E-state index in [4.69, 9.17) is 0 Å². The zero-order valence-corrected chi connectivity index (χ0v) is 9.00. The summed E-state index contributed by atoms with van der Waals surface area (Å²) >= 11 is 0. The molecule has 0 N–H and O–H groups in total. The topological polar surface area (TPSA) is 37.4 Å². The predicted octanol–water partition coefficient (Wildman–Crippen LogP) is 1.51. The second-order valence-electron chi connectivity index (χ2n) is 5.26. The fraction of sp³-hybridized carbons (Fsp3) is 0.833. The molecule has 3 heteroatoms. The first-order valence-electron chi connectivity index (χ1n) is 6.04. The van der Waals surface area contributed by atoms with Crippen molar-refractivity contribution in [2.45, 2.75) is 50.5 Å². The Morgan fingerprint density at radius 1 is 1.27 bits per heavy atom. The number of rotatable bonds is 0. The van der Waals surface area contributed by atoms with E-state index in [1.165, 1.54) is 12.8 Å². The first kappa shape index (κ1) is 9.37. The van der Waals surface area contributed by atoms with Gasteiger partial charge in [0.2, 0.25) is 5.91 Å². The lowest BCUT2D eigenvalue weighted by Crippen LogP contribution is -2.55. The molecule has 1 spiro atoms. The van der Waals surface area contributed by atoms with Crippen molar-refractivity contribution in [3.05, 3.63) is 0 Å². The van der Waals surface area contributed by atoms with Crippen LogP contribution in [-0.4, -0.2) is 28.7 Å². The van der Waals surface area contributed by atoms with Gasteiger partial charge in [0.05, 0.1) is 5.54 Å². The second kappa shape index (κ2) is 3.06. The van der Waals surface area contributed by atoms with E-state index in [2.05, 4.69) is 0 Å². The van der Waals surface area contributed by atoms with Gasteiger partial charge in [-0.25, -0.2) is 0 Å². The summed E-state index contributed by atoms with van der Waals surface area (Å²) in [6.07, 6.45) is 6.57. The molecule has 2 aliphatic heterocycles. The minimum atomic E-state index is -0.0370. The summed E-state index contributed by atoms with van der Waals surface area (Å²) in [4.78, 5) is 25.6. The van der Waals surface area contributed by atoms with E-state index in [9.17, 15) is 9.59 Å². The molecule has 2 heterocycles. The molecule has 3 fully saturated rings. The molecular weight excluding hydrogens is 190 g/mol. The lowest BCUT2D eigenvalue weighted by molar-refractivity contribution is -0.138. The van der Waals surface area contributed by atoms with Gasteiger partial charge < -0.3 is 4.90 Å². The Hall–Kier alpha value is -0.860. The molecule has 2 saturated heterocycles. The summed E-state index contributed by atoms with van der Waals surface area (Å²) in [6.45, 7) is 0.689. The Kier molecular flexibility index (Phi) is 1.91. The van der Waals surface area contributed by atoms with Gasteiger partial charge in [0, 0.05) is 25.8 Å². The Morgan fingerprint density at radius 3 is 3.00 bits per heavy atom. The standard InChI is InChI=1S/C12H17NO2/c14-10-4-6-13-11(15)7-9-3-1-2-5-12(9,13)8-10/h9H,1-8H2/t9-,12+/m0/s1. The highest BCUT2D eigenvalue weighted by Gasteiger charge is 2.55. The number of piperidine rings is 1. The van der Waals surface area contributed by atoms with Gasteiger partial charge in [-0.1, -0.05) is 12.8 Å². The first-order valence-corrected chi connectivity index (χ1v) is 6.04. The maximum atomic E-state index is 11.9. The van der Waals surface area contributed by atoms with Crippen molar-refractivity contribution in [2.75, 3.05) is 6.54 Å². The molecule has 1 saturated carbocycles. The van der Waals surface area contributed by atoms with Crippen LogP contribution in [-0.2, 0) is 9.59 Å². The van der Waals surface area contributed by atoms with Crippen molar-refractivity contribution < 1.29 is 9.59 Å². The predicted molar refractivity (Wildman–Crippen MR) is 55.3 cm³/mol. The SMILES string of the molecule is O=C1CCN2C(=O)C[C@@H]3CCCC[C@@]32C1. The Morgan fingerprint density at radius 2 is 2.13 bits per heavy atom. The molecule has 0 aromatic heterocycles. The monoisotopic (exact) mass is 207 g/mol. The molecular formula is C12H17NO2. The van der Waals surface area contributed by atoms with Crippen LogP contribution in [0, 0.1) is 5.92 Å². The van der Waals surface area contributed by atoms with E-state index in [0.717, 1.165) is 12.8 Å². The molecule has 3 aliphatic rings. The highest BCUT2D eigenvalue weighted by Crippen LogP contribution is 2.49. The van der Waals surface area contributed by atoms with Crippen molar-refractivity contribution in [1.82, 2.24) is 4.90 Å². The summed E-state index contributed by atoms with van der Waals surface area (Å²) in [5.74, 6) is 1.14. The summed E-state index contributed by atoms with van der Waals surface area (Å²) in [5.41, 5.74) is -0.0370. The summed E-state index contributed by atoms with van der Waals surface area (Å²) in [6, 6.07) is 0. The van der Waals surface area contributed by atoms with E-state index in [-0.39, 0.29) is 5.54 Å². The largest absolute Gasteiger partial charge is 0.336 e.